The average Bonchev–Trinajstić information content (AvgIpc) is 2.86. The van der Waals surface area contributed by atoms with Crippen LogP contribution in [0.2, 0.25) is 0 Å². The minimum Gasteiger partial charge on any atom is -0.463 e. The molecular formula is C26H28F2N4O4. The van der Waals surface area contributed by atoms with Gasteiger partial charge in [0.25, 0.3) is 5.91 Å². The summed E-state index contributed by atoms with van der Waals surface area (Å²) in [6, 6.07) is 10.0. The van der Waals surface area contributed by atoms with E-state index in [0.717, 1.165) is 0 Å². The van der Waals surface area contributed by atoms with Gasteiger partial charge in [-0.25, -0.2) is 18.4 Å². The summed E-state index contributed by atoms with van der Waals surface area (Å²) in [7, 11) is 1.56. The Labute approximate surface area is 208 Å². The van der Waals surface area contributed by atoms with Gasteiger partial charge in [-0.3, -0.25) is 14.6 Å². The van der Waals surface area contributed by atoms with Crippen LogP contribution in [-0.4, -0.2) is 79.0 Å². The molecule has 0 aromatic heterocycles. The van der Waals surface area contributed by atoms with Crippen molar-refractivity contribution >= 4 is 17.9 Å². The number of piperazine rings is 1. The third kappa shape index (κ3) is 5.38. The summed E-state index contributed by atoms with van der Waals surface area (Å²) in [5, 5.41) is 2.77. The molecule has 0 saturated carbocycles. The zero-order valence-corrected chi connectivity index (χ0v) is 20.2. The largest absolute Gasteiger partial charge is 0.463 e. The number of nitrogens with one attached hydrogen (secondary N) is 1. The minimum absolute atomic E-state index is 0.143. The van der Waals surface area contributed by atoms with Crippen LogP contribution in [0.4, 0.5) is 13.6 Å². The van der Waals surface area contributed by atoms with Crippen molar-refractivity contribution in [3.05, 3.63) is 82.6 Å². The first-order valence-corrected chi connectivity index (χ1v) is 11.8. The highest BCUT2D eigenvalue weighted by atomic mass is 19.1. The maximum atomic E-state index is 14.0. The van der Waals surface area contributed by atoms with Crippen molar-refractivity contribution in [2.45, 2.75) is 13.0 Å². The molecule has 1 atom stereocenters. The SMILES string of the molecule is CCOC(=O)C1=C(CN2CCN(C(=O)c3cccc(F)c3)CC2)N(C)C(=O)N[C@@H]1c1cccc(F)c1. The number of carbonyl (C=O) groups is 3. The molecule has 1 saturated heterocycles. The molecular weight excluding hydrogens is 470 g/mol. The number of benzene rings is 2. The van der Waals surface area contributed by atoms with E-state index in [0.29, 0.717) is 37.4 Å². The van der Waals surface area contributed by atoms with Gasteiger partial charge in [-0.2, -0.15) is 0 Å². The molecule has 4 rings (SSSR count). The van der Waals surface area contributed by atoms with Crippen molar-refractivity contribution in [1.82, 2.24) is 20.0 Å². The van der Waals surface area contributed by atoms with Crippen molar-refractivity contribution in [2.24, 2.45) is 0 Å². The van der Waals surface area contributed by atoms with Crippen LogP contribution in [0.1, 0.15) is 28.9 Å². The molecule has 1 fully saturated rings. The van der Waals surface area contributed by atoms with E-state index in [1.54, 1.807) is 31.0 Å². The molecule has 2 aromatic carbocycles. The predicted octanol–water partition coefficient (Wildman–Crippen LogP) is 2.94. The molecule has 0 spiro atoms. The fourth-order valence-corrected chi connectivity index (χ4v) is 4.46. The van der Waals surface area contributed by atoms with Crippen LogP contribution in [0.15, 0.2) is 59.8 Å². The normalized spacial score (nSPS) is 18.8. The highest BCUT2D eigenvalue weighted by Gasteiger charge is 2.38. The number of hydrogen-bond donors (Lipinski definition) is 1. The Hall–Kier alpha value is -3.79. The second-order valence-electron chi connectivity index (χ2n) is 8.66. The lowest BCUT2D eigenvalue weighted by molar-refractivity contribution is -0.139. The van der Waals surface area contributed by atoms with Crippen molar-refractivity contribution in [3.8, 4) is 0 Å². The molecule has 2 heterocycles. The second kappa shape index (κ2) is 10.9. The van der Waals surface area contributed by atoms with Gasteiger partial charge < -0.3 is 15.0 Å². The molecule has 0 aliphatic carbocycles. The Morgan fingerprint density at radius 2 is 1.69 bits per heavy atom. The molecule has 190 valence electrons. The van der Waals surface area contributed by atoms with Gasteiger partial charge in [-0.1, -0.05) is 18.2 Å². The van der Waals surface area contributed by atoms with E-state index < -0.39 is 29.7 Å². The van der Waals surface area contributed by atoms with E-state index in [1.807, 2.05) is 4.90 Å². The number of nitrogens with zero attached hydrogens (tertiary/aromatic N) is 3. The summed E-state index contributed by atoms with van der Waals surface area (Å²) in [5.74, 6) is -1.79. The van der Waals surface area contributed by atoms with Crippen molar-refractivity contribution in [3.63, 3.8) is 0 Å². The summed E-state index contributed by atoms with van der Waals surface area (Å²) < 4.78 is 32.8. The van der Waals surface area contributed by atoms with Crippen molar-refractivity contribution in [2.75, 3.05) is 46.4 Å². The Morgan fingerprint density at radius 1 is 1.03 bits per heavy atom. The minimum atomic E-state index is -0.866. The third-order valence-electron chi connectivity index (χ3n) is 6.36. The van der Waals surface area contributed by atoms with Gasteiger partial charge in [0.05, 0.1) is 18.2 Å². The maximum Gasteiger partial charge on any atom is 0.338 e. The van der Waals surface area contributed by atoms with Crippen LogP contribution in [0.3, 0.4) is 0 Å². The molecule has 10 heteroatoms. The molecule has 36 heavy (non-hydrogen) atoms. The first-order valence-electron chi connectivity index (χ1n) is 11.8. The van der Waals surface area contributed by atoms with Gasteiger partial charge in [0.2, 0.25) is 0 Å². The zero-order chi connectivity index (χ0) is 25.8. The summed E-state index contributed by atoms with van der Waals surface area (Å²) in [4.78, 5) is 43.7. The van der Waals surface area contributed by atoms with E-state index in [1.165, 1.54) is 41.3 Å². The van der Waals surface area contributed by atoms with Crippen LogP contribution in [-0.2, 0) is 9.53 Å². The fourth-order valence-electron chi connectivity index (χ4n) is 4.46. The topological polar surface area (TPSA) is 82.2 Å². The summed E-state index contributed by atoms with van der Waals surface area (Å²) in [6.45, 7) is 3.87. The van der Waals surface area contributed by atoms with Gasteiger partial charge in [-0.15, -0.1) is 0 Å². The smallest absolute Gasteiger partial charge is 0.338 e. The van der Waals surface area contributed by atoms with Crippen LogP contribution in [0.25, 0.3) is 0 Å². The average molecular weight is 499 g/mol. The zero-order valence-electron chi connectivity index (χ0n) is 20.2. The molecule has 1 N–H and O–H groups in total. The number of esters is 1. The summed E-state index contributed by atoms with van der Waals surface area (Å²) in [5.41, 5.74) is 1.42. The fraction of sp³-hybridized carbons (Fsp3) is 0.346. The lowest BCUT2D eigenvalue weighted by Gasteiger charge is -2.39. The predicted molar refractivity (Wildman–Crippen MR) is 128 cm³/mol. The molecule has 0 radical (unpaired) electrons. The van der Waals surface area contributed by atoms with E-state index in [2.05, 4.69) is 5.32 Å². The van der Waals surface area contributed by atoms with E-state index in [4.69, 9.17) is 4.74 Å². The monoisotopic (exact) mass is 498 g/mol. The lowest BCUT2D eigenvalue weighted by Crippen LogP contribution is -2.53. The number of likely N-dealkylation sites (N-methyl/N-ethyl adjacent to an activating group) is 1. The molecule has 2 aliphatic rings. The number of rotatable bonds is 6. The number of carbonyl (C=O) groups excluding carboxylic acids is 3. The number of hydrogen-bond acceptors (Lipinski definition) is 5. The van der Waals surface area contributed by atoms with Crippen LogP contribution >= 0.6 is 0 Å². The first-order chi connectivity index (χ1) is 17.3. The molecule has 3 amide bonds. The quantitative estimate of drug-likeness (QED) is 0.620. The Balaban J connectivity index is 1.57. The third-order valence-corrected chi connectivity index (χ3v) is 6.36. The van der Waals surface area contributed by atoms with E-state index in [-0.39, 0.29) is 30.2 Å². The van der Waals surface area contributed by atoms with Crippen LogP contribution in [0, 0.1) is 11.6 Å². The summed E-state index contributed by atoms with van der Waals surface area (Å²) in [6.07, 6.45) is 0. The van der Waals surface area contributed by atoms with Gasteiger partial charge in [0.1, 0.15) is 11.6 Å². The molecule has 0 bridgehead atoms. The van der Waals surface area contributed by atoms with Gasteiger partial charge in [0.15, 0.2) is 0 Å². The van der Waals surface area contributed by atoms with Crippen LogP contribution in [0.5, 0.6) is 0 Å². The number of halogens is 2. The van der Waals surface area contributed by atoms with Gasteiger partial charge in [-0.05, 0) is 42.8 Å². The number of ether oxygens (including phenoxy) is 1. The van der Waals surface area contributed by atoms with Gasteiger partial charge in [0, 0.05) is 51.0 Å². The maximum absolute atomic E-state index is 14.0. The first kappa shape index (κ1) is 25.3. The van der Waals surface area contributed by atoms with Crippen molar-refractivity contribution < 1.29 is 27.9 Å². The summed E-state index contributed by atoms with van der Waals surface area (Å²) >= 11 is 0. The lowest BCUT2D eigenvalue weighted by atomic mass is 9.94. The van der Waals surface area contributed by atoms with E-state index in [9.17, 15) is 23.2 Å². The molecule has 2 aliphatic heterocycles. The van der Waals surface area contributed by atoms with Crippen molar-refractivity contribution in [1.29, 1.82) is 0 Å². The standard InChI is InChI=1S/C26H28F2N4O4/c1-3-36-25(34)22-21(30(2)26(35)29-23(22)17-6-4-8-19(27)14-17)16-31-10-12-32(13-11-31)24(33)18-7-5-9-20(28)15-18/h4-9,14-15,23H,3,10-13,16H2,1-2H3,(H,29,35)/t23-/m1/s1. The highest BCUT2D eigenvalue weighted by molar-refractivity contribution is 5.95. The molecule has 0 unspecified atom stereocenters. The molecule has 2 aromatic rings. The molecule has 8 nitrogen and oxygen atoms in total. The Kier molecular flexibility index (Phi) is 7.64. The Morgan fingerprint density at radius 3 is 2.33 bits per heavy atom. The second-order valence-corrected chi connectivity index (χ2v) is 8.66. The number of urea groups is 1. The van der Waals surface area contributed by atoms with Gasteiger partial charge >= 0.3 is 12.0 Å². The van der Waals surface area contributed by atoms with Crippen LogP contribution < -0.4 is 5.32 Å². The van der Waals surface area contributed by atoms with E-state index >= 15 is 0 Å². The number of amides is 3. The highest BCUT2D eigenvalue weighted by Crippen LogP contribution is 2.32. The Bertz CT molecular complexity index is 1190.